The molecule has 0 saturated heterocycles. The van der Waals surface area contributed by atoms with Gasteiger partial charge in [-0.25, -0.2) is 0 Å². The van der Waals surface area contributed by atoms with Crippen molar-refractivity contribution in [2.24, 2.45) is 0 Å². The third-order valence-electron chi connectivity index (χ3n) is 2.73. The highest BCUT2D eigenvalue weighted by Gasteiger charge is 2.08. The first-order chi connectivity index (χ1) is 8.63. The van der Waals surface area contributed by atoms with Crippen LogP contribution in [0.4, 0.5) is 0 Å². The second-order valence-corrected chi connectivity index (χ2v) is 4.85. The first-order valence-electron chi connectivity index (χ1n) is 6.60. The summed E-state index contributed by atoms with van der Waals surface area (Å²) in [6.45, 7) is 7.93. The van der Waals surface area contributed by atoms with Crippen LogP contribution in [0.1, 0.15) is 32.8 Å². The Morgan fingerprint density at radius 2 is 1.89 bits per heavy atom. The van der Waals surface area contributed by atoms with Crippen LogP contribution in [0, 0.1) is 0 Å². The summed E-state index contributed by atoms with van der Waals surface area (Å²) in [4.78, 5) is 0. The van der Waals surface area contributed by atoms with Crippen molar-refractivity contribution in [2.45, 2.75) is 45.9 Å². The SMILES string of the molecule is COCCC(C)Oc1ccccc1CNC(C)C. The van der Waals surface area contributed by atoms with Crippen molar-refractivity contribution in [3.63, 3.8) is 0 Å². The fourth-order valence-electron chi connectivity index (χ4n) is 1.64. The molecule has 3 nitrogen and oxygen atoms in total. The number of benzene rings is 1. The third-order valence-corrected chi connectivity index (χ3v) is 2.73. The lowest BCUT2D eigenvalue weighted by molar-refractivity contribution is 0.134. The van der Waals surface area contributed by atoms with Gasteiger partial charge in [0.05, 0.1) is 6.10 Å². The van der Waals surface area contributed by atoms with Gasteiger partial charge in [0, 0.05) is 38.3 Å². The Balaban J connectivity index is 2.58. The molecule has 0 fully saturated rings. The van der Waals surface area contributed by atoms with E-state index in [4.69, 9.17) is 9.47 Å². The van der Waals surface area contributed by atoms with Gasteiger partial charge < -0.3 is 14.8 Å². The summed E-state index contributed by atoms with van der Waals surface area (Å²) in [6.07, 6.45) is 1.08. The van der Waals surface area contributed by atoms with E-state index in [-0.39, 0.29) is 6.10 Å². The van der Waals surface area contributed by atoms with E-state index in [1.807, 2.05) is 18.2 Å². The highest BCUT2D eigenvalue weighted by Crippen LogP contribution is 2.20. The molecule has 0 aliphatic heterocycles. The average Bonchev–Trinajstić information content (AvgIpc) is 2.35. The van der Waals surface area contributed by atoms with Gasteiger partial charge >= 0.3 is 0 Å². The molecule has 18 heavy (non-hydrogen) atoms. The quantitative estimate of drug-likeness (QED) is 0.770. The molecule has 1 aromatic rings. The predicted molar refractivity (Wildman–Crippen MR) is 75.0 cm³/mol. The molecule has 0 aliphatic carbocycles. The first kappa shape index (κ1) is 15.0. The van der Waals surface area contributed by atoms with Crippen LogP contribution in [0.25, 0.3) is 0 Å². The summed E-state index contributed by atoms with van der Waals surface area (Å²) in [7, 11) is 1.72. The molecule has 0 heterocycles. The maximum atomic E-state index is 5.96. The Labute approximate surface area is 110 Å². The lowest BCUT2D eigenvalue weighted by Crippen LogP contribution is -2.23. The Kier molecular flexibility index (Phi) is 6.76. The normalized spacial score (nSPS) is 12.7. The zero-order valence-corrected chi connectivity index (χ0v) is 11.9. The van der Waals surface area contributed by atoms with Crippen LogP contribution < -0.4 is 10.1 Å². The molecular weight excluding hydrogens is 226 g/mol. The lowest BCUT2D eigenvalue weighted by Gasteiger charge is -2.18. The number of rotatable bonds is 8. The van der Waals surface area contributed by atoms with Gasteiger partial charge in [-0.2, -0.15) is 0 Å². The fourth-order valence-corrected chi connectivity index (χ4v) is 1.64. The summed E-state index contributed by atoms with van der Waals surface area (Å²) >= 11 is 0. The highest BCUT2D eigenvalue weighted by atomic mass is 16.5. The third kappa shape index (κ3) is 5.52. The Morgan fingerprint density at radius 3 is 2.56 bits per heavy atom. The number of nitrogens with one attached hydrogen (secondary N) is 1. The summed E-state index contributed by atoms with van der Waals surface area (Å²) in [5, 5.41) is 3.41. The second-order valence-electron chi connectivity index (χ2n) is 4.85. The van der Waals surface area contributed by atoms with E-state index < -0.39 is 0 Å². The number of para-hydroxylation sites is 1. The monoisotopic (exact) mass is 251 g/mol. The zero-order chi connectivity index (χ0) is 13.4. The molecule has 0 saturated carbocycles. The van der Waals surface area contributed by atoms with E-state index in [1.165, 1.54) is 5.56 Å². The summed E-state index contributed by atoms with van der Waals surface area (Å²) < 4.78 is 11.0. The van der Waals surface area contributed by atoms with E-state index in [9.17, 15) is 0 Å². The van der Waals surface area contributed by atoms with Gasteiger partial charge in [0.25, 0.3) is 0 Å². The van der Waals surface area contributed by atoms with Crippen molar-refractivity contribution < 1.29 is 9.47 Å². The molecule has 0 aromatic heterocycles. The van der Waals surface area contributed by atoms with Gasteiger partial charge in [-0.05, 0) is 13.0 Å². The van der Waals surface area contributed by atoms with Gasteiger partial charge in [0.2, 0.25) is 0 Å². The number of hydrogen-bond donors (Lipinski definition) is 1. The standard InChI is InChI=1S/C15H25NO2/c1-12(2)16-11-14-7-5-6-8-15(14)18-13(3)9-10-17-4/h5-8,12-13,16H,9-11H2,1-4H3. The van der Waals surface area contributed by atoms with Crippen LogP contribution in [-0.2, 0) is 11.3 Å². The minimum atomic E-state index is 0.171. The summed E-state index contributed by atoms with van der Waals surface area (Å²) in [5.41, 5.74) is 1.20. The molecule has 0 bridgehead atoms. The fraction of sp³-hybridized carbons (Fsp3) is 0.600. The Bertz CT molecular complexity index is 339. The molecule has 0 aliphatic rings. The van der Waals surface area contributed by atoms with Gasteiger partial charge in [-0.15, -0.1) is 0 Å². The summed E-state index contributed by atoms with van der Waals surface area (Å²) in [5.74, 6) is 0.967. The van der Waals surface area contributed by atoms with Gasteiger partial charge in [-0.3, -0.25) is 0 Å². The molecule has 0 amide bonds. The van der Waals surface area contributed by atoms with Gasteiger partial charge in [-0.1, -0.05) is 32.0 Å². The Hall–Kier alpha value is -1.06. The molecule has 1 aromatic carbocycles. The molecule has 3 heteroatoms. The molecule has 1 unspecified atom stereocenters. The second kappa shape index (κ2) is 8.11. The first-order valence-corrected chi connectivity index (χ1v) is 6.60. The van der Waals surface area contributed by atoms with Crippen LogP contribution in [-0.4, -0.2) is 25.9 Å². The number of methoxy groups -OCH3 is 1. The molecule has 1 atom stereocenters. The van der Waals surface area contributed by atoms with Crippen LogP contribution in [0.5, 0.6) is 5.75 Å². The van der Waals surface area contributed by atoms with Crippen LogP contribution >= 0.6 is 0 Å². The maximum Gasteiger partial charge on any atom is 0.124 e. The average molecular weight is 251 g/mol. The topological polar surface area (TPSA) is 30.5 Å². The van der Waals surface area contributed by atoms with E-state index in [2.05, 4.69) is 32.2 Å². The number of ether oxygens (including phenoxy) is 2. The lowest BCUT2D eigenvalue weighted by atomic mass is 10.2. The zero-order valence-electron chi connectivity index (χ0n) is 11.9. The molecular formula is C15H25NO2. The highest BCUT2D eigenvalue weighted by molar-refractivity contribution is 5.33. The van der Waals surface area contributed by atoms with Crippen molar-refractivity contribution in [2.75, 3.05) is 13.7 Å². The molecule has 1 N–H and O–H groups in total. The van der Waals surface area contributed by atoms with Crippen molar-refractivity contribution >= 4 is 0 Å². The van der Waals surface area contributed by atoms with Gasteiger partial charge in [0.15, 0.2) is 0 Å². The van der Waals surface area contributed by atoms with Crippen molar-refractivity contribution in [3.8, 4) is 5.75 Å². The summed E-state index contributed by atoms with van der Waals surface area (Å²) in [6, 6.07) is 8.67. The molecule has 0 spiro atoms. The van der Waals surface area contributed by atoms with Crippen LogP contribution in [0.3, 0.4) is 0 Å². The van der Waals surface area contributed by atoms with E-state index in [0.29, 0.717) is 6.04 Å². The van der Waals surface area contributed by atoms with Gasteiger partial charge in [0.1, 0.15) is 5.75 Å². The minimum absolute atomic E-state index is 0.171. The maximum absolute atomic E-state index is 5.96. The Morgan fingerprint density at radius 1 is 1.17 bits per heavy atom. The van der Waals surface area contributed by atoms with Crippen LogP contribution in [0.15, 0.2) is 24.3 Å². The van der Waals surface area contributed by atoms with E-state index in [0.717, 1.165) is 25.3 Å². The van der Waals surface area contributed by atoms with Crippen molar-refractivity contribution in [1.82, 2.24) is 5.32 Å². The molecule has 0 radical (unpaired) electrons. The molecule has 1 rings (SSSR count). The van der Waals surface area contributed by atoms with E-state index >= 15 is 0 Å². The largest absolute Gasteiger partial charge is 0.490 e. The smallest absolute Gasteiger partial charge is 0.124 e. The van der Waals surface area contributed by atoms with Crippen molar-refractivity contribution in [3.05, 3.63) is 29.8 Å². The van der Waals surface area contributed by atoms with E-state index in [1.54, 1.807) is 7.11 Å². The molecule has 102 valence electrons. The predicted octanol–water partition coefficient (Wildman–Crippen LogP) is 2.99. The number of hydrogen-bond acceptors (Lipinski definition) is 3. The van der Waals surface area contributed by atoms with Crippen LogP contribution in [0.2, 0.25) is 0 Å². The minimum Gasteiger partial charge on any atom is -0.490 e. The van der Waals surface area contributed by atoms with Crippen molar-refractivity contribution in [1.29, 1.82) is 0 Å².